The lowest BCUT2D eigenvalue weighted by molar-refractivity contribution is 0.471. The van der Waals surface area contributed by atoms with E-state index in [0.717, 1.165) is 28.9 Å². The molecule has 0 saturated heterocycles. The summed E-state index contributed by atoms with van der Waals surface area (Å²) in [6.45, 7) is 5.35. The van der Waals surface area contributed by atoms with E-state index in [0.29, 0.717) is 5.92 Å². The van der Waals surface area contributed by atoms with Crippen LogP contribution < -0.4 is 0 Å². The fraction of sp³-hybridized carbons (Fsp3) is 0.455. The molecule has 1 atom stereocenters. The van der Waals surface area contributed by atoms with Crippen LogP contribution in [0.1, 0.15) is 20.3 Å². The number of aromatic nitrogens is 3. The maximum atomic E-state index is 5.29. The number of hydrogen-bond acceptors (Lipinski definition) is 2. The first-order valence-electron chi connectivity index (χ1n) is 5.26. The average Bonchev–Trinajstić information content (AvgIpc) is 2.55. The normalized spacial score (nSPS) is 13.2. The summed E-state index contributed by atoms with van der Waals surface area (Å²) in [6, 6.07) is 3.92. The van der Waals surface area contributed by atoms with Gasteiger partial charge in [-0.1, -0.05) is 20.3 Å². The van der Waals surface area contributed by atoms with Crippen molar-refractivity contribution in [3.63, 3.8) is 0 Å². The van der Waals surface area contributed by atoms with Gasteiger partial charge in [0.25, 0.3) is 0 Å². The molecule has 0 radical (unpaired) electrons. The molecule has 4 heteroatoms. The Morgan fingerprint density at radius 1 is 1.60 bits per heavy atom. The minimum Gasteiger partial charge on any atom is -0.329 e. The van der Waals surface area contributed by atoms with E-state index >= 15 is 0 Å². The molecule has 1 unspecified atom stereocenters. The summed E-state index contributed by atoms with van der Waals surface area (Å²) < 4.78 is 2.85. The van der Waals surface area contributed by atoms with Gasteiger partial charge < -0.3 is 9.55 Å². The monoisotopic (exact) mass is 221 g/mol. The first-order chi connectivity index (χ1) is 7.22. The highest BCUT2D eigenvalue weighted by Gasteiger charge is 2.07. The minimum atomic E-state index is 0.623. The van der Waals surface area contributed by atoms with Crippen LogP contribution in [0.15, 0.2) is 18.3 Å². The topological polar surface area (TPSA) is 33.6 Å². The molecule has 0 aromatic carbocycles. The number of nitrogens with one attached hydrogen (secondary N) is 1. The van der Waals surface area contributed by atoms with Crippen molar-refractivity contribution >= 4 is 23.4 Å². The zero-order chi connectivity index (χ0) is 10.8. The molecule has 0 aliphatic rings. The summed E-state index contributed by atoms with van der Waals surface area (Å²) in [5.41, 5.74) is 1.98. The zero-order valence-corrected chi connectivity index (χ0v) is 9.84. The molecule has 80 valence electrons. The van der Waals surface area contributed by atoms with E-state index in [2.05, 4.69) is 28.4 Å². The summed E-state index contributed by atoms with van der Waals surface area (Å²) in [6.07, 6.45) is 2.96. The van der Waals surface area contributed by atoms with Gasteiger partial charge in [0, 0.05) is 12.7 Å². The molecular weight excluding hydrogens is 206 g/mol. The van der Waals surface area contributed by atoms with Crippen LogP contribution in [0.5, 0.6) is 0 Å². The van der Waals surface area contributed by atoms with Gasteiger partial charge in [-0.25, -0.2) is 4.98 Å². The van der Waals surface area contributed by atoms with E-state index < -0.39 is 0 Å². The van der Waals surface area contributed by atoms with Gasteiger partial charge in [-0.15, -0.1) is 0 Å². The summed E-state index contributed by atoms with van der Waals surface area (Å²) in [7, 11) is 0. The number of imidazole rings is 1. The molecule has 0 saturated carbocycles. The van der Waals surface area contributed by atoms with E-state index in [9.17, 15) is 0 Å². The quantitative estimate of drug-likeness (QED) is 0.808. The molecule has 0 fully saturated rings. The van der Waals surface area contributed by atoms with Gasteiger partial charge in [0.05, 0.1) is 5.52 Å². The number of aromatic amines is 1. The predicted octanol–water partition coefficient (Wildman–Crippen LogP) is 3.14. The molecular formula is C11H15N3S. The summed E-state index contributed by atoms with van der Waals surface area (Å²) in [5, 5.41) is 0. The van der Waals surface area contributed by atoms with Crippen LogP contribution in [-0.4, -0.2) is 14.5 Å². The lowest BCUT2D eigenvalue weighted by Crippen LogP contribution is -2.07. The Morgan fingerprint density at radius 3 is 3.13 bits per heavy atom. The van der Waals surface area contributed by atoms with E-state index in [-0.39, 0.29) is 0 Å². The van der Waals surface area contributed by atoms with Crippen LogP contribution in [0, 0.1) is 10.7 Å². The Bertz CT molecular complexity index is 512. The molecule has 15 heavy (non-hydrogen) atoms. The second-order valence-electron chi connectivity index (χ2n) is 3.93. The summed E-state index contributed by atoms with van der Waals surface area (Å²) in [4.78, 5) is 7.53. The number of nitrogens with zero attached hydrogens (tertiary/aromatic N) is 2. The number of fused-ring (bicyclic) bond motifs is 1. The molecule has 0 amide bonds. The fourth-order valence-electron chi connectivity index (χ4n) is 1.60. The Kier molecular flexibility index (Phi) is 2.86. The molecule has 1 N–H and O–H groups in total. The van der Waals surface area contributed by atoms with E-state index in [1.807, 2.05) is 12.1 Å². The first-order valence-corrected chi connectivity index (χ1v) is 5.66. The second-order valence-corrected chi connectivity index (χ2v) is 4.32. The summed E-state index contributed by atoms with van der Waals surface area (Å²) >= 11 is 5.29. The molecule has 2 rings (SSSR count). The van der Waals surface area contributed by atoms with Gasteiger partial charge in [0.15, 0.2) is 10.4 Å². The van der Waals surface area contributed by atoms with Crippen LogP contribution >= 0.6 is 12.2 Å². The molecule has 2 aromatic heterocycles. The Balaban J connectivity index is 2.50. The SMILES string of the molecule is CCC(C)Cn1c(=S)[nH]c2cccnc21. The zero-order valence-electron chi connectivity index (χ0n) is 9.03. The smallest absolute Gasteiger partial charge is 0.179 e. The van der Waals surface area contributed by atoms with Crippen molar-refractivity contribution in [2.75, 3.05) is 0 Å². The van der Waals surface area contributed by atoms with Crippen molar-refractivity contribution in [3.8, 4) is 0 Å². The second kappa shape index (κ2) is 4.14. The van der Waals surface area contributed by atoms with Crippen LogP contribution in [-0.2, 0) is 6.54 Å². The van der Waals surface area contributed by atoms with Crippen molar-refractivity contribution < 1.29 is 0 Å². The minimum absolute atomic E-state index is 0.623. The predicted molar refractivity (Wildman–Crippen MR) is 64.4 cm³/mol. The number of pyridine rings is 1. The highest BCUT2D eigenvalue weighted by molar-refractivity contribution is 7.71. The largest absolute Gasteiger partial charge is 0.329 e. The van der Waals surface area contributed by atoms with Crippen molar-refractivity contribution in [1.82, 2.24) is 14.5 Å². The fourth-order valence-corrected chi connectivity index (χ4v) is 1.87. The Hall–Kier alpha value is -1.16. The molecule has 0 bridgehead atoms. The molecule has 2 heterocycles. The molecule has 3 nitrogen and oxygen atoms in total. The number of H-pyrrole nitrogens is 1. The number of rotatable bonds is 3. The lowest BCUT2D eigenvalue weighted by atomic mass is 10.1. The van der Waals surface area contributed by atoms with Crippen LogP contribution in [0.25, 0.3) is 11.2 Å². The van der Waals surface area contributed by atoms with Gasteiger partial charge in [-0.05, 0) is 30.3 Å². The Morgan fingerprint density at radius 2 is 2.40 bits per heavy atom. The first kappa shape index (κ1) is 10.4. The highest BCUT2D eigenvalue weighted by atomic mass is 32.1. The van der Waals surface area contributed by atoms with Gasteiger partial charge in [-0.2, -0.15) is 0 Å². The molecule has 0 spiro atoms. The molecule has 0 aliphatic heterocycles. The van der Waals surface area contributed by atoms with Crippen LogP contribution in [0.4, 0.5) is 0 Å². The molecule has 0 aliphatic carbocycles. The van der Waals surface area contributed by atoms with Crippen molar-refractivity contribution in [1.29, 1.82) is 0 Å². The third-order valence-corrected chi connectivity index (χ3v) is 3.04. The van der Waals surface area contributed by atoms with Crippen molar-refractivity contribution in [2.45, 2.75) is 26.8 Å². The third kappa shape index (κ3) is 1.95. The average molecular weight is 221 g/mol. The lowest BCUT2D eigenvalue weighted by Gasteiger charge is -2.09. The van der Waals surface area contributed by atoms with E-state index in [1.165, 1.54) is 0 Å². The van der Waals surface area contributed by atoms with Gasteiger partial charge in [0.1, 0.15) is 0 Å². The highest BCUT2D eigenvalue weighted by Crippen LogP contribution is 2.14. The van der Waals surface area contributed by atoms with Crippen LogP contribution in [0.2, 0.25) is 0 Å². The van der Waals surface area contributed by atoms with Crippen molar-refractivity contribution in [3.05, 3.63) is 23.1 Å². The number of hydrogen-bond donors (Lipinski definition) is 1. The molecule has 2 aromatic rings. The Labute approximate surface area is 94.2 Å². The van der Waals surface area contributed by atoms with Crippen LogP contribution in [0.3, 0.4) is 0 Å². The standard InChI is InChI=1S/C11H15N3S/c1-3-8(2)7-14-10-9(13-11(14)15)5-4-6-12-10/h4-6,8H,3,7H2,1-2H3,(H,13,15). The van der Waals surface area contributed by atoms with Crippen molar-refractivity contribution in [2.24, 2.45) is 5.92 Å². The van der Waals surface area contributed by atoms with E-state index in [1.54, 1.807) is 6.20 Å². The summed E-state index contributed by atoms with van der Waals surface area (Å²) in [5.74, 6) is 0.623. The third-order valence-electron chi connectivity index (χ3n) is 2.72. The van der Waals surface area contributed by atoms with Gasteiger partial charge in [0.2, 0.25) is 0 Å². The maximum absolute atomic E-state index is 5.29. The van der Waals surface area contributed by atoms with Gasteiger partial charge in [-0.3, -0.25) is 0 Å². The van der Waals surface area contributed by atoms with Gasteiger partial charge >= 0.3 is 0 Å². The maximum Gasteiger partial charge on any atom is 0.179 e. The van der Waals surface area contributed by atoms with E-state index in [4.69, 9.17) is 12.2 Å².